The van der Waals surface area contributed by atoms with E-state index < -0.39 is 0 Å². The summed E-state index contributed by atoms with van der Waals surface area (Å²) in [6, 6.07) is 14.6. The van der Waals surface area contributed by atoms with Crippen LogP contribution in [0.15, 0.2) is 42.6 Å². The summed E-state index contributed by atoms with van der Waals surface area (Å²) >= 11 is 0. The molecule has 0 radical (unpaired) electrons. The van der Waals surface area contributed by atoms with E-state index in [1.54, 1.807) is 25.1 Å². The van der Waals surface area contributed by atoms with E-state index in [1.807, 2.05) is 0 Å². The molecular weight excluding hydrogens is 336 g/mol. The summed E-state index contributed by atoms with van der Waals surface area (Å²) in [6.07, 6.45) is 5.85. The Hall–Kier alpha value is -1.33. The van der Waals surface area contributed by atoms with Gasteiger partial charge in [-0.05, 0) is 43.9 Å². The van der Waals surface area contributed by atoms with Crippen LogP contribution in [0.3, 0.4) is 0 Å². The van der Waals surface area contributed by atoms with E-state index in [4.69, 9.17) is 5.11 Å². The Kier molecular flexibility index (Phi) is 8.16. The fourth-order valence-corrected chi connectivity index (χ4v) is 3.98. The molecule has 0 bridgehead atoms. The van der Waals surface area contributed by atoms with Crippen LogP contribution in [-0.4, -0.2) is 32.7 Å². The van der Waals surface area contributed by atoms with Crippen LogP contribution in [-0.2, 0) is 13.5 Å². The van der Waals surface area contributed by atoms with E-state index in [0.29, 0.717) is 12.1 Å². The van der Waals surface area contributed by atoms with E-state index >= 15 is 0 Å². The molecule has 1 aromatic carbocycles. The predicted octanol–water partition coefficient (Wildman–Crippen LogP) is 3.44. The summed E-state index contributed by atoms with van der Waals surface area (Å²) in [5.74, 6) is 0. The SMILES string of the molecule is CC(C)O.Cl.Cn1ccc2c1CCN1C(c3ccccc3)CCC21.O. The lowest BCUT2D eigenvalue weighted by atomic mass is 9.99. The maximum Gasteiger partial charge on any atom is 0.0483 e. The van der Waals surface area contributed by atoms with Crippen molar-refractivity contribution < 1.29 is 10.6 Å². The lowest BCUT2D eigenvalue weighted by Crippen LogP contribution is -2.33. The molecule has 2 atom stereocenters. The number of halogens is 1. The first-order valence-corrected chi connectivity index (χ1v) is 8.70. The highest BCUT2D eigenvalue weighted by atomic mass is 35.5. The molecule has 3 heterocycles. The molecule has 5 heteroatoms. The van der Waals surface area contributed by atoms with Gasteiger partial charge >= 0.3 is 0 Å². The van der Waals surface area contributed by atoms with Crippen molar-refractivity contribution in [2.45, 2.75) is 51.3 Å². The van der Waals surface area contributed by atoms with Gasteiger partial charge in [0.1, 0.15) is 0 Å². The van der Waals surface area contributed by atoms with E-state index in [0.717, 1.165) is 0 Å². The molecule has 4 nitrogen and oxygen atoms in total. The third-order valence-electron chi connectivity index (χ3n) is 4.90. The molecular formula is C20H31ClN2O2. The van der Waals surface area contributed by atoms with Gasteiger partial charge in [-0.3, -0.25) is 4.90 Å². The zero-order valence-electron chi connectivity index (χ0n) is 15.4. The normalized spacial score (nSPS) is 21.3. The number of hydrogen-bond acceptors (Lipinski definition) is 2. The van der Waals surface area contributed by atoms with Crippen LogP contribution < -0.4 is 0 Å². The maximum absolute atomic E-state index is 8.06. The van der Waals surface area contributed by atoms with Gasteiger partial charge in [0, 0.05) is 50.1 Å². The minimum Gasteiger partial charge on any atom is -0.412 e. The summed E-state index contributed by atoms with van der Waals surface area (Å²) in [4.78, 5) is 2.72. The van der Waals surface area contributed by atoms with Crippen molar-refractivity contribution in [3.8, 4) is 0 Å². The quantitative estimate of drug-likeness (QED) is 0.840. The monoisotopic (exact) mass is 366 g/mol. The average Bonchev–Trinajstić information content (AvgIpc) is 3.11. The largest absolute Gasteiger partial charge is 0.412 e. The molecule has 2 aliphatic heterocycles. The minimum absolute atomic E-state index is 0. The van der Waals surface area contributed by atoms with Crippen LogP contribution in [0.1, 0.15) is 55.6 Å². The van der Waals surface area contributed by atoms with Crippen LogP contribution in [0.2, 0.25) is 0 Å². The molecule has 1 fully saturated rings. The minimum atomic E-state index is -0.167. The van der Waals surface area contributed by atoms with Crippen molar-refractivity contribution in [2.24, 2.45) is 7.05 Å². The second kappa shape index (κ2) is 9.39. The highest BCUT2D eigenvalue weighted by Gasteiger charge is 2.39. The summed E-state index contributed by atoms with van der Waals surface area (Å²) < 4.78 is 2.31. The molecule has 3 N–H and O–H groups in total. The van der Waals surface area contributed by atoms with Gasteiger partial charge in [0.2, 0.25) is 0 Å². The van der Waals surface area contributed by atoms with E-state index in [9.17, 15) is 0 Å². The molecule has 25 heavy (non-hydrogen) atoms. The molecule has 0 saturated carbocycles. The van der Waals surface area contributed by atoms with E-state index in [-0.39, 0.29) is 24.0 Å². The number of aromatic nitrogens is 1. The predicted molar refractivity (Wildman–Crippen MR) is 105 cm³/mol. The molecule has 1 aromatic heterocycles. The van der Waals surface area contributed by atoms with Crippen LogP contribution in [0.4, 0.5) is 0 Å². The van der Waals surface area contributed by atoms with Gasteiger partial charge in [-0.2, -0.15) is 0 Å². The van der Waals surface area contributed by atoms with Crippen molar-refractivity contribution >= 4 is 12.4 Å². The van der Waals surface area contributed by atoms with Crippen molar-refractivity contribution in [3.05, 3.63) is 59.4 Å². The third kappa shape index (κ3) is 4.64. The highest BCUT2D eigenvalue weighted by molar-refractivity contribution is 5.85. The highest BCUT2D eigenvalue weighted by Crippen LogP contribution is 2.47. The van der Waals surface area contributed by atoms with Crippen LogP contribution in [0.25, 0.3) is 0 Å². The molecule has 0 spiro atoms. The molecule has 2 aliphatic rings. The second-order valence-corrected chi connectivity index (χ2v) is 6.93. The van der Waals surface area contributed by atoms with Crippen LogP contribution in [0, 0.1) is 0 Å². The zero-order valence-corrected chi connectivity index (χ0v) is 16.2. The molecule has 0 aliphatic carbocycles. The molecule has 1 saturated heterocycles. The third-order valence-corrected chi connectivity index (χ3v) is 4.90. The lowest BCUT2D eigenvalue weighted by Gasteiger charge is -2.34. The number of aliphatic hydroxyl groups is 1. The lowest BCUT2D eigenvalue weighted by molar-refractivity contribution is 0.182. The first-order valence-electron chi connectivity index (χ1n) is 8.70. The van der Waals surface area contributed by atoms with Crippen LogP contribution in [0.5, 0.6) is 0 Å². The summed E-state index contributed by atoms with van der Waals surface area (Å²) in [5, 5.41) is 8.06. The van der Waals surface area contributed by atoms with Gasteiger partial charge in [-0.15, -0.1) is 12.4 Å². The Morgan fingerprint density at radius 1 is 1.04 bits per heavy atom. The van der Waals surface area contributed by atoms with Gasteiger partial charge < -0.3 is 15.1 Å². The Morgan fingerprint density at radius 2 is 1.64 bits per heavy atom. The van der Waals surface area contributed by atoms with Crippen molar-refractivity contribution in [1.82, 2.24) is 9.47 Å². The molecule has 140 valence electrons. The Balaban J connectivity index is 0.000000476. The smallest absolute Gasteiger partial charge is 0.0483 e. The van der Waals surface area contributed by atoms with Gasteiger partial charge in [0.05, 0.1) is 0 Å². The Morgan fingerprint density at radius 3 is 2.28 bits per heavy atom. The summed E-state index contributed by atoms with van der Waals surface area (Å²) in [7, 11) is 2.18. The number of nitrogens with zero attached hydrogens (tertiary/aromatic N) is 2. The molecule has 4 rings (SSSR count). The average molecular weight is 367 g/mol. The Labute approximate surface area is 157 Å². The number of aliphatic hydroxyl groups excluding tert-OH is 1. The van der Waals surface area contributed by atoms with Crippen molar-refractivity contribution in [1.29, 1.82) is 0 Å². The fourth-order valence-electron chi connectivity index (χ4n) is 3.98. The number of hydrogen-bond donors (Lipinski definition) is 1. The molecule has 0 amide bonds. The molecule has 2 aromatic rings. The number of benzene rings is 1. The number of rotatable bonds is 1. The van der Waals surface area contributed by atoms with Gasteiger partial charge in [-0.1, -0.05) is 30.3 Å². The summed E-state index contributed by atoms with van der Waals surface area (Å²) in [6.45, 7) is 4.65. The maximum atomic E-state index is 8.06. The topological polar surface area (TPSA) is 59.9 Å². The second-order valence-electron chi connectivity index (χ2n) is 6.93. The Bertz CT molecular complexity index is 640. The first kappa shape index (κ1) is 21.7. The fraction of sp³-hybridized carbons (Fsp3) is 0.500. The van der Waals surface area contributed by atoms with E-state index in [1.165, 1.54) is 31.4 Å². The summed E-state index contributed by atoms with van der Waals surface area (Å²) in [5.41, 5.74) is 4.62. The van der Waals surface area contributed by atoms with Crippen LogP contribution >= 0.6 is 12.4 Å². The zero-order chi connectivity index (χ0) is 16.4. The first-order chi connectivity index (χ1) is 11.1. The van der Waals surface area contributed by atoms with Gasteiger partial charge in [0.15, 0.2) is 0 Å². The number of aryl methyl sites for hydroxylation is 1. The number of fused-ring (bicyclic) bond motifs is 3. The van der Waals surface area contributed by atoms with Crippen molar-refractivity contribution in [3.63, 3.8) is 0 Å². The molecule has 2 unspecified atom stereocenters. The van der Waals surface area contributed by atoms with Gasteiger partial charge in [0.25, 0.3) is 0 Å². The van der Waals surface area contributed by atoms with Gasteiger partial charge in [-0.25, -0.2) is 0 Å². The van der Waals surface area contributed by atoms with Crippen molar-refractivity contribution in [2.75, 3.05) is 6.54 Å². The standard InChI is InChI=1S/C17H20N2.C3H8O.ClH.H2O/c1-18-11-9-14-16(18)10-12-19-15(7-8-17(14)19)13-5-3-2-4-6-13;1-3(2)4;;/h2-6,9,11,15,17H,7-8,10,12H2,1H3;3-4H,1-2H3;1H;1H2. The van der Waals surface area contributed by atoms with E-state index in [2.05, 4.69) is 59.1 Å².